The third-order valence-electron chi connectivity index (χ3n) is 1.73. The maximum absolute atomic E-state index is 12.5. The monoisotopic (exact) mass is 183 g/mol. The molecule has 2 heteroatoms. The SMILES string of the molecule is [2H]CCCCCOc1ccc(F)cc1. The molecule has 0 aliphatic rings. The van der Waals surface area contributed by atoms with E-state index in [1.54, 1.807) is 12.1 Å². The van der Waals surface area contributed by atoms with E-state index in [9.17, 15) is 4.39 Å². The highest BCUT2D eigenvalue weighted by molar-refractivity contribution is 5.21. The van der Waals surface area contributed by atoms with Crippen LogP contribution in [-0.2, 0) is 0 Å². The molecule has 0 spiro atoms. The van der Waals surface area contributed by atoms with Crippen molar-refractivity contribution in [2.24, 2.45) is 0 Å². The zero-order chi connectivity index (χ0) is 10.2. The van der Waals surface area contributed by atoms with Crippen molar-refractivity contribution < 1.29 is 10.5 Å². The summed E-state index contributed by atoms with van der Waals surface area (Å²) in [4.78, 5) is 0. The largest absolute Gasteiger partial charge is 0.494 e. The highest BCUT2D eigenvalue weighted by atomic mass is 19.1. The Balaban J connectivity index is 2.15. The van der Waals surface area contributed by atoms with Crippen LogP contribution >= 0.6 is 0 Å². The van der Waals surface area contributed by atoms with Crippen molar-refractivity contribution in [3.05, 3.63) is 30.1 Å². The highest BCUT2D eigenvalue weighted by Crippen LogP contribution is 2.11. The minimum Gasteiger partial charge on any atom is -0.494 e. The summed E-state index contributed by atoms with van der Waals surface area (Å²) in [5.41, 5.74) is 0. The summed E-state index contributed by atoms with van der Waals surface area (Å²) in [5, 5.41) is 0. The van der Waals surface area contributed by atoms with E-state index >= 15 is 0 Å². The number of halogens is 1. The molecule has 1 aromatic carbocycles. The van der Waals surface area contributed by atoms with Crippen molar-refractivity contribution in [3.63, 3.8) is 0 Å². The fourth-order valence-corrected chi connectivity index (χ4v) is 1.000. The van der Waals surface area contributed by atoms with Crippen LogP contribution in [0.15, 0.2) is 24.3 Å². The van der Waals surface area contributed by atoms with Gasteiger partial charge in [0.15, 0.2) is 0 Å². The van der Waals surface area contributed by atoms with Gasteiger partial charge >= 0.3 is 0 Å². The maximum Gasteiger partial charge on any atom is 0.123 e. The van der Waals surface area contributed by atoms with E-state index in [1.807, 2.05) is 0 Å². The van der Waals surface area contributed by atoms with E-state index < -0.39 is 0 Å². The van der Waals surface area contributed by atoms with Gasteiger partial charge in [-0.05, 0) is 30.7 Å². The number of ether oxygens (including phenoxy) is 1. The Hall–Kier alpha value is -1.05. The average molecular weight is 183 g/mol. The molecule has 72 valence electrons. The van der Waals surface area contributed by atoms with E-state index in [4.69, 9.17) is 6.11 Å². The summed E-state index contributed by atoms with van der Waals surface area (Å²) in [6.07, 6.45) is 2.90. The summed E-state index contributed by atoms with van der Waals surface area (Å²) < 4.78 is 24.8. The molecule has 13 heavy (non-hydrogen) atoms. The third kappa shape index (κ3) is 3.92. The Labute approximate surface area is 79.9 Å². The van der Waals surface area contributed by atoms with E-state index in [0.29, 0.717) is 19.3 Å². The standard InChI is InChI=1S/C11H15FO/c1-2-3-4-9-13-11-7-5-10(12)6-8-11/h5-8H,2-4,9H2,1H3/i1D. The number of rotatable bonds is 5. The van der Waals surface area contributed by atoms with Crippen LogP contribution in [0.1, 0.15) is 27.5 Å². The summed E-state index contributed by atoms with van der Waals surface area (Å²) in [6.45, 7) is 1.13. The first-order valence-corrected chi connectivity index (χ1v) is 4.50. The molecule has 0 bridgehead atoms. The number of hydrogen-bond donors (Lipinski definition) is 0. The second-order valence-corrected chi connectivity index (χ2v) is 2.86. The van der Waals surface area contributed by atoms with E-state index in [-0.39, 0.29) is 5.82 Å². The molecule has 0 aromatic heterocycles. The van der Waals surface area contributed by atoms with Crippen LogP contribution in [0.4, 0.5) is 4.39 Å². The van der Waals surface area contributed by atoms with Gasteiger partial charge in [-0.3, -0.25) is 0 Å². The lowest BCUT2D eigenvalue weighted by molar-refractivity contribution is 0.306. The van der Waals surface area contributed by atoms with Crippen LogP contribution < -0.4 is 4.74 Å². The van der Waals surface area contributed by atoms with Gasteiger partial charge in [0.2, 0.25) is 0 Å². The molecule has 1 nitrogen and oxygen atoms in total. The molecule has 0 saturated carbocycles. The minimum absolute atomic E-state index is 0.244. The molecule has 0 atom stereocenters. The Morgan fingerprint density at radius 2 is 2.08 bits per heavy atom. The fourth-order valence-electron chi connectivity index (χ4n) is 1.000. The topological polar surface area (TPSA) is 9.23 Å². The Bertz CT molecular complexity index is 248. The Morgan fingerprint density at radius 3 is 2.77 bits per heavy atom. The lowest BCUT2D eigenvalue weighted by Gasteiger charge is -2.04. The van der Waals surface area contributed by atoms with Crippen molar-refractivity contribution in [1.29, 1.82) is 0 Å². The summed E-state index contributed by atoms with van der Waals surface area (Å²) in [6, 6.07) is 6.03. The lowest BCUT2D eigenvalue weighted by Crippen LogP contribution is -1.96. The van der Waals surface area contributed by atoms with Crippen LogP contribution in [0.25, 0.3) is 0 Å². The van der Waals surface area contributed by atoms with Gasteiger partial charge in [-0.2, -0.15) is 0 Å². The first-order valence-electron chi connectivity index (χ1n) is 5.21. The van der Waals surface area contributed by atoms with E-state index in [0.717, 1.165) is 19.3 Å². The number of benzene rings is 1. The van der Waals surface area contributed by atoms with E-state index in [1.165, 1.54) is 12.1 Å². The van der Waals surface area contributed by atoms with Crippen LogP contribution in [0.5, 0.6) is 5.75 Å². The zero-order valence-corrected chi connectivity index (χ0v) is 7.63. The van der Waals surface area contributed by atoms with Crippen molar-refractivity contribution >= 4 is 0 Å². The molecule has 0 N–H and O–H groups in total. The quantitative estimate of drug-likeness (QED) is 0.636. The molecule has 0 fully saturated rings. The van der Waals surface area contributed by atoms with Crippen molar-refractivity contribution in [2.45, 2.75) is 26.2 Å². The normalized spacial score (nSPS) is 11.0. The second kappa shape index (κ2) is 5.57. The van der Waals surface area contributed by atoms with Crippen LogP contribution in [0, 0.1) is 5.82 Å². The number of hydrogen-bond acceptors (Lipinski definition) is 1. The molecule has 0 radical (unpaired) electrons. The summed E-state index contributed by atoms with van der Waals surface area (Å²) in [5.74, 6) is 0.462. The zero-order valence-electron chi connectivity index (χ0n) is 8.63. The Morgan fingerprint density at radius 1 is 1.31 bits per heavy atom. The van der Waals surface area contributed by atoms with Gasteiger partial charge in [0.25, 0.3) is 0 Å². The van der Waals surface area contributed by atoms with Crippen molar-refractivity contribution in [3.8, 4) is 5.75 Å². The van der Waals surface area contributed by atoms with Gasteiger partial charge in [0, 0.05) is 1.37 Å². The highest BCUT2D eigenvalue weighted by Gasteiger charge is 1.93. The molecule has 0 aliphatic carbocycles. The van der Waals surface area contributed by atoms with Gasteiger partial charge in [-0.25, -0.2) is 4.39 Å². The van der Waals surface area contributed by atoms with Gasteiger partial charge in [0.1, 0.15) is 11.6 Å². The molecule has 0 amide bonds. The molecular formula is C11H15FO. The first-order chi connectivity index (χ1) is 6.83. The third-order valence-corrected chi connectivity index (χ3v) is 1.73. The number of unbranched alkanes of at least 4 members (excludes halogenated alkanes) is 2. The van der Waals surface area contributed by atoms with Crippen molar-refractivity contribution in [1.82, 2.24) is 0 Å². The van der Waals surface area contributed by atoms with Gasteiger partial charge in [-0.1, -0.05) is 19.7 Å². The predicted octanol–water partition coefficient (Wildman–Crippen LogP) is 3.39. The molecular weight excluding hydrogens is 167 g/mol. The average Bonchev–Trinajstić information content (AvgIpc) is 2.21. The van der Waals surface area contributed by atoms with Crippen molar-refractivity contribution in [2.75, 3.05) is 6.61 Å². The molecule has 0 unspecified atom stereocenters. The maximum atomic E-state index is 12.5. The molecule has 1 aromatic rings. The summed E-state index contributed by atoms with van der Waals surface area (Å²) in [7, 11) is 0. The van der Waals surface area contributed by atoms with Gasteiger partial charge < -0.3 is 4.74 Å². The summed E-state index contributed by atoms with van der Waals surface area (Å²) >= 11 is 0. The second-order valence-electron chi connectivity index (χ2n) is 2.86. The molecule has 0 heterocycles. The minimum atomic E-state index is -0.244. The molecule has 0 aliphatic heterocycles. The first kappa shape index (κ1) is 8.54. The van der Waals surface area contributed by atoms with Gasteiger partial charge in [-0.15, -0.1) is 0 Å². The predicted molar refractivity (Wildman–Crippen MR) is 51.4 cm³/mol. The van der Waals surface area contributed by atoms with Gasteiger partial charge in [0.05, 0.1) is 6.61 Å². The smallest absolute Gasteiger partial charge is 0.123 e. The fraction of sp³-hybridized carbons (Fsp3) is 0.455. The van der Waals surface area contributed by atoms with E-state index in [2.05, 4.69) is 0 Å². The Kier molecular flexibility index (Phi) is 3.66. The molecule has 1 rings (SSSR count). The van der Waals surface area contributed by atoms with Crippen LogP contribution in [0.3, 0.4) is 0 Å². The van der Waals surface area contributed by atoms with Crippen LogP contribution in [0.2, 0.25) is 0 Å². The molecule has 0 saturated heterocycles. The van der Waals surface area contributed by atoms with Crippen LogP contribution in [-0.4, -0.2) is 6.61 Å². The lowest BCUT2D eigenvalue weighted by atomic mass is 10.3.